The van der Waals surface area contributed by atoms with E-state index in [1.807, 2.05) is 0 Å². The molecular formula is C34H45F2N7O7. The lowest BCUT2D eigenvalue weighted by atomic mass is 9.85. The standard InChI is InChI=1S/C34H45F2N7O7/c1-34(2,3)50-33(47)42(18-21-5-6-21)27-17-23(11-12-37-27)31-39-26(20-49-31)30(45)38-25-19-43(40-28(25)29(35)36)24-9-7-22(8-10-24)32(46)41(4)13-15-48-16-14-44/h11-12,17,19-22,24,29,44H,5-10,13-16,18H2,1-4H3,(H,38,45)/t22-,24-. The number of hydrogen-bond donors (Lipinski definition) is 2. The van der Waals surface area contributed by atoms with E-state index in [9.17, 15) is 23.2 Å². The third kappa shape index (κ3) is 9.62. The lowest BCUT2D eigenvalue weighted by Crippen LogP contribution is -2.38. The predicted octanol–water partition coefficient (Wildman–Crippen LogP) is 5.47. The Morgan fingerprint density at radius 1 is 1.14 bits per heavy atom. The molecule has 3 aromatic rings. The van der Waals surface area contributed by atoms with Gasteiger partial charge in [0, 0.05) is 44.0 Å². The van der Waals surface area contributed by atoms with E-state index < -0.39 is 29.7 Å². The number of likely N-dealkylation sites (N-methyl/N-ethyl adjacent to an activating group) is 1. The number of nitrogens with one attached hydrogen (secondary N) is 1. The average Bonchev–Trinajstić information content (AvgIpc) is 3.58. The lowest BCUT2D eigenvalue weighted by Gasteiger charge is -2.30. The van der Waals surface area contributed by atoms with Crippen LogP contribution in [-0.4, -0.2) is 93.2 Å². The molecule has 2 N–H and O–H groups in total. The van der Waals surface area contributed by atoms with E-state index >= 15 is 0 Å². The van der Waals surface area contributed by atoms with Gasteiger partial charge in [-0.15, -0.1) is 0 Å². The number of alkyl halides is 2. The molecule has 0 unspecified atom stereocenters. The summed E-state index contributed by atoms with van der Waals surface area (Å²) in [5.41, 5.74) is -1.10. The quantitative estimate of drug-likeness (QED) is 0.206. The molecule has 0 spiro atoms. The number of aliphatic hydroxyl groups is 1. The predicted molar refractivity (Wildman–Crippen MR) is 178 cm³/mol. The van der Waals surface area contributed by atoms with Crippen LogP contribution in [0, 0.1) is 11.8 Å². The van der Waals surface area contributed by atoms with E-state index in [4.69, 9.17) is 19.0 Å². The molecule has 3 amide bonds. The molecule has 0 aliphatic heterocycles. The molecule has 3 aromatic heterocycles. The zero-order chi connectivity index (χ0) is 36.0. The summed E-state index contributed by atoms with van der Waals surface area (Å²) in [6.07, 6.45) is 4.78. The van der Waals surface area contributed by atoms with Crippen LogP contribution in [0.25, 0.3) is 11.5 Å². The van der Waals surface area contributed by atoms with Crippen molar-refractivity contribution in [3.63, 3.8) is 0 Å². The van der Waals surface area contributed by atoms with Gasteiger partial charge in [-0.25, -0.2) is 23.5 Å². The van der Waals surface area contributed by atoms with Gasteiger partial charge >= 0.3 is 6.09 Å². The molecule has 2 fully saturated rings. The first kappa shape index (κ1) is 36.8. The van der Waals surface area contributed by atoms with Gasteiger partial charge < -0.3 is 29.2 Å². The summed E-state index contributed by atoms with van der Waals surface area (Å²) in [6.45, 7) is 6.67. The van der Waals surface area contributed by atoms with Crippen molar-refractivity contribution in [1.82, 2.24) is 24.6 Å². The number of nitrogens with zero attached hydrogens (tertiary/aromatic N) is 6. The Balaban J connectivity index is 1.23. The normalized spacial score (nSPS) is 17.8. The minimum atomic E-state index is -2.95. The zero-order valence-corrected chi connectivity index (χ0v) is 28.8. The maximum Gasteiger partial charge on any atom is 0.416 e. The monoisotopic (exact) mass is 701 g/mol. The third-order valence-electron chi connectivity index (χ3n) is 8.58. The number of oxazole rings is 1. The molecule has 0 aromatic carbocycles. The number of rotatable bonds is 14. The highest BCUT2D eigenvalue weighted by molar-refractivity contribution is 6.03. The number of pyridine rings is 1. The van der Waals surface area contributed by atoms with Gasteiger partial charge in [0.05, 0.1) is 31.5 Å². The Morgan fingerprint density at radius 3 is 2.54 bits per heavy atom. The molecule has 0 saturated heterocycles. The number of amides is 3. The second-order valence-electron chi connectivity index (χ2n) is 13.7. The van der Waals surface area contributed by atoms with Crippen LogP contribution in [0.4, 0.5) is 25.1 Å². The van der Waals surface area contributed by atoms with Gasteiger partial charge in [0.15, 0.2) is 11.4 Å². The highest BCUT2D eigenvalue weighted by atomic mass is 19.3. The first-order valence-corrected chi connectivity index (χ1v) is 16.9. The molecule has 272 valence electrons. The second kappa shape index (κ2) is 16.1. The summed E-state index contributed by atoms with van der Waals surface area (Å²) in [5.74, 6) is -0.195. The van der Waals surface area contributed by atoms with Gasteiger partial charge in [-0.3, -0.25) is 19.2 Å². The molecule has 2 saturated carbocycles. The van der Waals surface area contributed by atoms with Crippen LogP contribution in [0.5, 0.6) is 0 Å². The second-order valence-corrected chi connectivity index (χ2v) is 13.7. The highest BCUT2D eigenvalue weighted by Gasteiger charge is 2.33. The fourth-order valence-corrected chi connectivity index (χ4v) is 5.76. The van der Waals surface area contributed by atoms with Gasteiger partial charge in [-0.05, 0) is 77.3 Å². The molecule has 16 heteroatoms. The number of carbonyl (C=O) groups excluding carboxylic acids is 3. The van der Waals surface area contributed by atoms with Crippen LogP contribution in [0.1, 0.15) is 87.9 Å². The fraction of sp³-hybridized carbons (Fsp3) is 0.588. The van der Waals surface area contributed by atoms with Crippen molar-refractivity contribution in [2.45, 2.75) is 77.4 Å². The SMILES string of the molecule is CN(CCOCCO)C(=O)[C@H]1CC[C@H](n2cc(NC(=O)c3coc(-c4ccnc(N(CC5CC5)C(=O)OC(C)(C)C)c4)n3)c(C(F)F)n2)CC1. The lowest BCUT2D eigenvalue weighted by molar-refractivity contribution is -0.136. The van der Waals surface area contributed by atoms with Gasteiger partial charge in [0.2, 0.25) is 11.8 Å². The maximum atomic E-state index is 14.0. The topological polar surface area (TPSA) is 165 Å². The minimum Gasteiger partial charge on any atom is -0.444 e. The molecule has 0 bridgehead atoms. The summed E-state index contributed by atoms with van der Waals surface area (Å²) in [4.78, 5) is 50.8. The van der Waals surface area contributed by atoms with Crippen molar-refractivity contribution in [2.24, 2.45) is 11.8 Å². The highest BCUT2D eigenvalue weighted by Crippen LogP contribution is 2.36. The Bertz CT molecular complexity index is 1630. The smallest absolute Gasteiger partial charge is 0.416 e. The zero-order valence-electron chi connectivity index (χ0n) is 28.8. The minimum absolute atomic E-state index is 0.00803. The summed E-state index contributed by atoms with van der Waals surface area (Å²) in [5, 5.41) is 15.4. The third-order valence-corrected chi connectivity index (χ3v) is 8.58. The Labute approximate surface area is 289 Å². The molecule has 14 nitrogen and oxygen atoms in total. The van der Waals surface area contributed by atoms with Gasteiger partial charge in [-0.2, -0.15) is 5.10 Å². The summed E-state index contributed by atoms with van der Waals surface area (Å²) in [7, 11) is 1.70. The molecule has 0 radical (unpaired) electrons. The van der Waals surface area contributed by atoms with Crippen LogP contribution < -0.4 is 10.2 Å². The van der Waals surface area contributed by atoms with E-state index in [-0.39, 0.29) is 48.4 Å². The van der Waals surface area contributed by atoms with E-state index in [1.54, 1.807) is 44.9 Å². The van der Waals surface area contributed by atoms with Gasteiger partial charge in [0.25, 0.3) is 12.3 Å². The van der Waals surface area contributed by atoms with Crippen molar-refractivity contribution in [2.75, 3.05) is 50.2 Å². The molecule has 2 aliphatic rings. The largest absolute Gasteiger partial charge is 0.444 e. The molecule has 0 atom stereocenters. The first-order chi connectivity index (χ1) is 23.8. The molecular weight excluding hydrogens is 656 g/mol. The van der Waals surface area contributed by atoms with E-state index in [0.29, 0.717) is 62.7 Å². The van der Waals surface area contributed by atoms with Crippen molar-refractivity contribution < 1.29 is 42.2 Å². The van der Waals surface area contributed by atoms with Crippen molar-refractivity contribution in [1.29, 1.82) is 0 Å². The number of ether oxygens (including phenoxy) is 2. The van der Waals surface area contributed by atoms with Crippen molar-refractivity contribution in [3.05, 3.63) is 42.2 Å². The average molecular weight is 702 g/mol. The fourth-order valence-electron chi connectivity index (χ4n) is 5.76. The van der Waals surface area contributed by atoms with Crippen LogP contribution in [0.2, 0.25) is 0 Å². The molecule has 5 rings (SSSR count). The van der Waals surface area contributed by atoms with Crippen LogP contribution in [-0.2, 0) is 14.3 Å². The van der Waals surface area contributed by atoms with Crippen LogP contribution in [0.15, 0.2) is 35.2 Å². The van der Waals surface area contributed by atoms with Gasteiger partial charge in [-0.1, -0.05) is 0 Å². The van der Waals surface area contributed by atoms with E-state index in [2.05, 4.69) is 20.4 Å². The maximum absolute atomic E-state index is 14.0. The first-order valence-electron chi connectivity index (χ1n) is 16.9. The number of aromatic nitrogens is 4. The molecule has 2 aliphatic carbocycles. The number of aliphatic hydroxyl groups excluding tert-OH is 1. The number of anilines is 2. The van der Waals surface area contributed by atoms with Crippen molar-refractivity contribution in [3.8, 4) is 11.5 Å². The Morgan fingerprint density at radius 2 is 1.88 bits per heavy atom. The van der Waals surface area contributed by atoms with E-state index in [0.717, 1.165) is 19.1 Å². The molecule has 50 heavy (non-hydrogen) atoms. The summed E-state index contributed by atoms with van der Waals surface area (Å²) in [6, 6.07) is 3.02. The number of hydrogen-bond acceptors (Lipinski definition) is 10. The van der Waals surface area contributed by atoms with Crippen LogP contribution in [0.3, 0.4) is 0 Å². The van der Waals surface area contributed by atoms with Crippen molar-refractivity contribution >= 4 is 29.4 Å². The Hall–Kier alpha value is -4.44. The van der Waals surface area contributed by atoms with Gasteiger partial charge in [0.1, 0.15) is 17.7 Å². The summed E-state index contributed by atoms with van der Waals surface area (Å²) < 4.78 is 46.0. The number of halogens is 2. The Kier molecular flexibility index (Phi) is 11.8. The summed E-state index contributed by atoms with van der Waals surface area (Å²) >= 11 is 0. The van der Waals surface area contributed by atoms with E-state index in [1.165, 1.54) is 22.0 Å². The molecule has 3 heterocycles. The number of carbonyl (C=O) groups is 3. The van der Waals surface area contributed by atoms with Crippen LogP contribution >= 0.6 is 0 Å².